The maximum Gasteiger partial charge on any atom is 0.418 e. The van der Waals surface area contributed by atoms with Gasteiger partial charge < -0.3 is 0 Å². The molecule has 2 aliphatic heterocycles. The third kappa shape index (κ3) is 3.12. The van der Waals surface area contributed by atoms with E-state index < -0.39 is 50.8 Å². The number of halogens is 4. The van der Waals surface area contributed by atoms with E-state index in [1.807, 2.05) is 0 Å². The van der Waals surface area contributed by atoms with E-state index in [9.17, 15) is 30.0 Å². The highest BCUT2D eigenvalue weighted by Crippen LogP contribution is 2.40. The van der Waals surface area contributed by atoms with Crippen LogP contribution in [0.25, 0.3) is 0 Å². The summed E-state index contributed by atoms with van der Waals surface area (Å²) in [7, 11) is -9.55. The molecular weight excluding hydrogens is 345 g/mol. The Hall–Kier alpha value is -0.180. The van der Waals surface area contributed by atoms with Crippen molar-refractivity contribution in [3.8, 4) is 0 Å². The van der Waals surface area contributed by atoms with Crippen LogP contribution in [0.5, 0.6) is 0 Å². The lowest BCUT2D eigenvalue weighted by molar-refractivity contribution is -0.208. The van der Waals surface area contributed by atoms with Crippen molar-refractivity contribution in [3.63, 3.8) is 0 Å². The van der Waals surface area contributed by atoms with E-state index in [-0.39, 0.29) is 0 Å². The van der Waals surface area contributed by atoms with Crippen LogP contribution in [0.1, 0.15) is 0 Å². The standard InChI is InChI=1S/C5H4ClF3O8S2/c6-4-2(15-19(12,13)17-4)1-3(5(7,8)9)16-18(10,11)14-1/h1-4H. The van der Waals surface area contributed by atoms with Gasteiger partial charge in [-0.15, -0.1) is 0 Å². The van der Waals surface area contributed by atoms with E-state index in [1.165, 1.54) is 0 Å². The van der Waals surface area contributed by atoms with Crippen LogP contribution in [-0.2, 0) is 37.5 Å². The predicted octanol–water partition coefficient (Wildman–Crippen LogP) is -0.197. The predicted molar refractivity (Wildman–Crippen MR) is 49.2 cm³/mol. The highest BCUT2D eigenvalue weighted by atomic mass is 35.5. The van der Waals surface area contributed by atoms with Crippen molar-refractivity contribution in [2.45, 2.75) is 30.1 Å². The minimum absolute atomic E-state index is 1.88. The van der Waals surface area contributed by atoms with Gasteiger partial charge in [0.15, 0.2) is 11.7 Å². The Bertz CT molecular complexity index is 570. The minimum Gasteiger partial charge on any atom is -0.239 e. The fourth-order valence-corrected chi connectivity index (χ4v) is 3.82. The maximum absolute atomic E-state index is 12.6. The lowest BCUT2D eigenvalue weighted by atomic mass is 10.1. The SMILES string of the molecule is O=S1(=O)OC(Cl)C(C2OS(=O)(=O)OC2C(F)(F)F)O1. The Morgan fingerprint density at radius 2 is 1.32 bits per heavy atom. The molecule has 14 heteroatoms. The second-order valence-electron chi connectivity index (χ2n) is 3.44. The van der Waals surface area contributed by atoms with Gasteiger partial charge in [-0.05, 0) is 0 Å². The van der Waals surface area contributed by atoms with Crippen LogP contribution in [0.2, 0.25) is 0 Å². The summed E-state index contributed by atoms with van der Waals surface area (Å²) in [6.45, 7) is 0. The minimum atomic E-state index is -5.14. The Morgan fingerprint density at radius 3 is 1.74 bits per heavy atom. The molecule has 0 aromatic heterocycles. The van der Waals surface area contributed by atoms with Crippen molar-refractivity contribution in [2.24, 2.45) is 0 Å². The van der Waals surface area contributed by atoms with Gasteiger partial charge in [-0.25, -0.2) is 16.7 Å². The Kier molecular flexibility index (Phi) is 3.53. The Morgan fingerprint density at radius 1 is 0.842 bits per heavy atom. The molecule has 0 N–H and O–H groups in total. The summed E-state index contributed by atoms with van der Waals surface area (Å²) >= 11 is 5.33. The molecule has 2 rings (SSSR count). The molecule has 2 fully saturated rings. The summed E-state index contributed by atoms with van der Waals surface area (Å²) in [5.74, 6) is 0. The van der Waals surface area contributed by atoms with Gasteiger partial charge in [0.2, 0.25) is 6.10 Å². The second kappa shape index (κ2) is 4.41. The summed E-state index contributed by atoms with van der Waals surface area (Å²) in [6.07, 6.45) is -12.4. The quantitative estimate of drug-likeness (QED) is 0.600. The third-order valence-corrected chi connectivity index (χ3v) is 4.34. The Labute approximate surface area is 110 Å². The van der Waals surface area contributed by atoms with Crippen molar-refractivity contribution in [1.29, 1.82) is 0 Å². The molecule has 2 aliphatic rings. The van der Waals surface area contributed by atoms with Crippen molar-refractivity contribution < 1.29 is 46.7 Å². The molecule has 0 spiro atoms. The summed E-state index contributed by atoms with van der Waals surface area (Å²) in [6, 6.07) is 0. The molecule has 0 radical (unpaired) electrons. The van der Waals surface area contributed by atoms with Gasteiger partial charge in [0.05, 0.1) is 0 Å². The topological polar surface area (TPSA) is 105 Å². The molecule has 0 amide bonds. The normalized spacial score (nSPS) is 41.5. The van der Waals surface area contributed by atoms with E-state index in [1.54, 1.807) is 0 Å². The van der Waals surface area contributed by atoms with Crippen LogP contribution in [-0.4, -0.2) is 46.9 Å². The summed E-state index contributed by atoms with van der Waals surface area (Å²) in [5, 5.41) is 0. The summed E-state index contributed by atoms with van der Waals surface area (Å²) in [5.41, 5.74) is -1.88. The van der Waals surface area contributed by atoms with Crippen molar-refractivity contribution in [1.82, 2.24) is 0 Å². The third-order valence-electron chi connectivity index (χ3n) is 2.09. The highest BCUT2D eigenvalue weighted by molar-refractivity contribution is 7.82. The van der Waals surface area contributed by atoms with Gasteiger partial charge >= 0.3 is 27.0 Å². The largest absolute Gasteiger partial charge is 0.418 e. The first-order valence-corrected chi connectivity index (χ1v) is 7.45. The molecule has 0 saturated carbocycles. The zero-order valence-corrected chi connectivity index (χ0v) is 10.8. The van der Waals surface area contributed by atoms with Crippen molar-refractivity contribution >= 4 is 32.4 Å². The molecule has 112 valence electrons. The maximum atomic E-state index is 12.6. The molecule has 8 nitrogen and oxygen atoms in total. The molecule has 0 aromatic carbocycles. The Balaban J connectivity index is 2.32. The molecule has 4 atom stereocenters. The molecule has 2 saturated heterocycles. The first-order chi connectivity index (χ1) is 8.41. The van der Waals surface area contributed by atoms with Crippen LogP contribution in [0, 0.1) is 0 Å². The van der Waals surface area contributed by atoms with Gasteiger partial charge in [0.1, 0.15) is 6.10 Å². The average Bonchev–Trinajstić information content (AvgIpc) is 2.61. The zero-order chi connectivity index (χ0) is 14.6. The van der Waals surface area contributed by atoms with E-state index in [2.05, 4.69) is 16.7 Å². The fourth-order valence-electron chi connectivity index (χ4n) is 1.43. The number of hydrogen-bond acceptors (Lipinski definition) is 8. The molecule has 4 unspecified atom stereocenters. The smallest absolute Gasteiger partial charge is 0.239 e. The van der Waals surface area contributed by atoms with E-state index in [4.69, 9.17) is 11.6 Å². The van der Waals surface area contributed by atoms with E-state index in [0.717, 1.165) is 0 Å². The second-order valence-corrected chi connectivity index (χ2v) is 6.28. The van der Waals surface area contributed by atoms with Gasteiger partial charge in [-0.2, -0.15) is 30.0 Å². The molecule has 2 heterocycles. The van der Waals surface area contributed by atoms with Gasteiger partial charge in [0.25, 0.3) is 0 Å². The average molecular weight is 349 g/mol. The monoisotopic (exact) mass is 348 g/mol. The van der Waals surface area contributed by atoms with Crippen LogP contribution < -0.4 is 0 Å². The van der Waals surface area contributed by atoms with Crippen LogP contribution in [0.15, 0.2) is 0 Å². The fraction of sp³-hybridized carbons (Fsp3) is 1.00. The van der Waals surface area contributed by atoms with Gasteiger partial charge in [-0.1, -0.05) is 11.6 Å². The lowest BCUT2D eigenvalue weighted by Gasteiger charge is -2.21. The first kappa shape index (κ1) is 15.2. The molecular formula is C5H4ClF3O8S2. The first-order valence-electron chi connectivity index (χ1n) is 4.35. The van der Waals surface area contributed by atoms with E-state index in [0.29, 0.717) is 0 Å². The molecule has 0 aliphatic carbocycles. The number of rotatable bonds is 1. The van der Waals surface area contributed by atoms with Crippen molar-refractivity contribution in [2.75, 3.05) is 0 Å². The van der Waals surface area contributed by atoms with E-state index >= 15 is 0 Å². The zero-order valence-electron chi connectivity index (χ0n) is 8.40. The van der Waals surface area contributed by atoms with Crippen LogP contribution in [0.3, 0.4) is 0 Å². The molecule has 0 bridgehead atoms. The summed E-state index contributed by atoms with van der Waals surface area (Å²) < 4.78 is 97.1. The van der Waals surface area contributed by atoms with Crippen LogP contribution >= 0.6 is 11.6 Å². The number of alkyl halides is 4. The summed E-state index contributed by atoms with van der Waals surface area (Å²) in [4.78, 5) is 0. The number of hydrogen-bond donors (Lipinski definition) is 0. The highest BCUT2D eigenvalue weighted by Gasteiger charge is 2.62. The van der Waals surface area contributed by atoms with Crippen LogP contribution in [0.4, 0.5) is 13.2 Å². The van der Waals surface area contributed by atoms with Crippen molar-refractivity contribution in [3.05, 3.63) is 0 Å². The lowest BCUT2D eigenvalue weighted by Crippen LogP contribution is -2.46. The molecule has 0 aromatic rings. The van der Waals surface area contributed by atoms with Gasteiger partial charge in [-0.3, -0.25) is 0 Å². The van der Waals surface area contributed by atoms with Gasteiger partial charge in [0, 0.05) is 0 Å². The molecule has 19 heavy (non-hydrogen) atoms.